The molecule has 0 fully saturated rings. The first-order valence-electron chi connectivity index (χ1n) is 4.97. The zero-order chi connectivity index (χ0) is 12.2. The van der Waals surface area contributed by atoms with Crippen molar-refractivity contribution >= 4 is 11.9 Å². The highest BCUT2D eigenvalue weighted by Gasteiger charge is 2.29. The number of carboxylic acid groups (broad SMARTS) is 1. The van der Waals surface area contributed by atoms with Crippen molar-refractivity contribution in [1.82, 2.24) is 4.90 Å². The summed E-state index contributed by atoms with van der Waals surface area (Å²) < 4.78 is 0. The first-order valence-corrected chi connectivity index (χ1v) is 4.97. The molecule has 0 rings (SSSR count). The van der Waals surface area contributed by atoms with Crippen LogP contribution >= 0.6 is 0 Å². The standard InChI is InChI=1S/C10H20N2O3/c1-5-10(2,3)12(4)9(15)7(11)6-8(13)14/h7H,5-6,11H2,1-4H3,(H,13,14). The van der Waals surface area contributed by atoms with Gasteiger partial charge in [0.1, 0.15) is 0 Å². The van der Waals surface area contributed by atoms with Gasteiger partial charge in [0, 0.05) is 12.6 Å². The molecule has 0 saturated carbocycles. The Labute approximate surface area is 90.2 Å². The Morgan fingerprint density at radius 1 is 1.47 bits per heavy atom. The van der Waals surface area contributed by atoms with E-state index in [0.29, 0.717) is 0 Å². The van der Waals surface area contributed by atoms with Crippen molar-refractivity contribution in [2.24, 2.45) is 5.73 Å². The lowest BCUT2D eigenvalue weighted by Crippen LogP contribution is -2.51. The molecule has 0 aromatic heterocycles. The van der Waals surface area contributed by atoms with Crippen molar-refractivity contribution < 1.29 is 14.7 Å². The molecule has 1 unspecified atom stereocenters. The summed E-state index contributed by atoms with van der Waals surface area (Å²) in [7, 11) is 1.65. The summed E-state index contributed by atoms with van der Waals surface area (Å²) in [4.78, 5) is 23.6. The van der Waals surface area contributed by atoms with Gasteiger partial charge in [-0.05, 0) is 20.3 Å². The fourth-order valence-corrected chi connectivity index (χ4v) is 1.06. The molecular weight excluding hydrogens is 196 g/mol. The van der Waals surface area contributed by atoms with Crippen LogP contribution in [0.1, 0.15) is 33.6 Å². The quantitative estimate of drug-likeness (QED) is 0.698. The molecule has 0 aliphatic heterocycles. The van der Waals surface area contributed by atoms with Crippen LogP contribution in [-0.4, -0.2) is 40.5 Å². The molecule has 15 heavy (non-hydrogen) atoms. The van der Waals surface area contributed by atoms with Gasteiger partial charge in [0.25, 0.3) is 0 Å². The summed E-state index contributed by atoms with van der Waals surface area (Å²) in [6.45, 7) is 5.79. The number of carbonyl (C=O) groups excluding carboxylic acids is 1. The molecular formula is C10H20N2O3. The number of hydrogen-bond acceptors (Lipinski definition) is 3. The van der Waals surface area contributed by atoms with Gasteiger partial charge in [0.2, 0.25) is 5.91 Å². The van der Waals surface area contributed by atoms with Crippen LogP contribution in [0.15, 0.2) is 0 Å². The van der Waals surface area contributed by atoms with E-state index in [1.54, 1.807) is 7.05 Å². The Morgan fingerprint density at radius 2 is 1.93 bits per heavy atom. The van der Waals surface area contributed by atoms with Crippen LogP contribution in [0.4, 0.5) is 0 Å². The molecule has 0 aliphatic carbocycles. The molecule has 0 saturated heterocycles. The van der Waals surface area contributed by atoms with E-state index in [0.717, 1.165) is 6.42 Å². The van der Waals surface area contributed by atoms with E-state index in [9.17, 15) is 9.59 Å². The van der Waals surface area contributed by atoms with E-state index in [1.807, 2.05) is 20.8 Å². The maximum absolute atomic E-state index is 11.7. The minimum atomic E-state index is -1.06. The predicted octanol–water partition coefficient (Wildman–Crippen LogP) is 0.435. The van der Waals surface area contributed by atoms with E-state index < -0.39 is 12.0 Å². The maximum Gasteiger partial charge on any atom is 0.305 e. The Kier molecular flexibility index (Phi) is 4.74. The van der Waals surface area contributed by atoms with Crippen LogP contribution in [0.2, 0.25) is 0 Å². The number of amides is 1. The van der Waals surface area contributed by atoms with Gasteiger partial charge in [-0.25, -0.2) is 0 Å². The van der Waals surface area contributed by atoms with Crippen molar-refractivity contribution in [1.29, 1.82) is 0 Å². The van der Waals surface area contributed by atoms with Crippen LogP contribution in [0, 0.1) is 0 Å². The Hall–Kier alpha value is -1.10. The van der Waals surface area contributed by atoms with Crippen LogP contribution in [0.3, 0.4) is 0 Å². The number of rotatable bonds is 5. The minimum Gasteiger partial charge on any atom is -0.481 e. The summed E-state index contributed by atoms with van der Waals surface area (Å²) >= 11 is 0. The number of aliphatic carboxylic acids is 1. The predicted molar refractivity (Wildman–Crippen MR) is 57.4 cm³/mol. The normalized spacial score (nSPS) is 13.4. The van der Waals surface area contributed by atoms with E-state index in [1.165, 1.54) is 4.90 Å². The van der Waals surface area contributed by atoms with Crippen LogP contribution in [0.25, 0.3) is 0 Å². The second kappa shape index (κ2) is 5.11. The molecule has 5 nitrogen and oxygen atoms in total. The summed E-state index contributed by atoms with van der Waals surface area (Å²) in [6, 6.07) is -0.960. The van der Waals surface area contributed by atoms with Gasteiger partial charge in [0.05, 0.1) is 12.5 Å². The number of carbonyl (C=O) groups is 2. The molecule has 0 aliphatic rings. The molecule has 0 aromatic carbocycles. The van der Waals surface area contributed by atoms with E-state index in [4.69, 9.17) is 10.8 Å². The minimum absolute atomic E-state index is 0.298. The smallest absolute Gasteiger partial charge is 0.305 e. The molecule has 1 atom stereocenters. The molecule has 5 heteroatoms. The second-order valence-electron chi connectivity index (χ2n) is 4.27. The summed E-state index contributed by atoms with van der Waals surface area (Å²) in [5.74, 6) is -1.39. The van der Waals surface area contributed by atoms with E-state index >= 15 is 0 Å². The number of carboxylic acids is 1. The third-order valence-corrected chi connectivity index (χ3v) is 2.82. The highest BCUT2D eigenvalue weighted by Crippen LogP contribution is 2.17. The summed E-state index contributed by atoms with van der Waals surface area (Å²) in [6.07, 6.45) is 0.456. The Morgan fingerprint density at radius 3 is 2.27 bits per heavy atom. The topological polar surface area (TPSA) is 83.6 Å². The first kappa shape index (κ1) is 13.9. The average Bonchev–Trinajstić information content (AvgIpc) is 2.14. The van der Waals surface area contributed by atoms with E-state index in [2.05, 4.69) is 0 Å². The first-order chi connectivity index (χ1) is 6.72. The SMILES string of the molecule is CCC(C)(C)N(C)C(=O)C(N)CC(=O)O. The van der Waals surface area contributed by atoms with Gasteiger partial charge < -0.3 is 15.7 Å². The molecule has 0 radical (unpaired) electrons. The highest BCUT2D eigenvalue weighted by atomic mass is 16.4. The molecule has 0 spiro atoms. The number of nitrogens with zero attached hydrogens (tertiary/aromatic N) is 1. The zero-order valence-electron chi connectivity index (χ0n) is 9.78. The van der Waals surface area contributed by atoms with Gasteiger partial charge in [-0.1, -0.05) is 6.92 Å². The largest absolute Gasteiger partial charge is 0.481 e. The van der Waals surface area contributed by atoms with Gasteiger partial charge >= 0.3 is 5.97 Å². The molecule has 1 amide bonds. The van der Waals surface area contributed by atoms with Gasteiger partial charge in [-0.3, -0.25) is 9.59 Å². The molecule has 0 heterocycles. The summed E-state index contributed by atoms with van der Waals surface area (Å²) in [5.41, 5.74) is 5.20. The molecule has 3 N–H and O–H groups in total. The third-order valence-electron chi connectivity index (χ3n) is 2.82. The average molecular weight is 216 g/mol. The Bertz CT molecular complexity index is 251. The summed E-state index contributed by atoms with van der Waals surface area (Å²) in [5, 5.41) is 8.52. The second-order valence-corrected chi connectivity index (χ2v) is 4.27. The molecule has 0 bridgehead atoms. The van der Waals surface area contributed by atoms with Crippen molar-refractivity contribution in [3.8, 4) is 0 Å². The number of hydrogen-bond donors (Lipinski definition) is 2. The highest BCUT2D eigenvalue weighted by molar-refractivity contribution is 5.86. The van der Waals surface area contributed by atoms with Crippen molar-refractivity contribution in [2.75, 3.05) is 7.05 Å². The van der Waals surface area contributed by atoms with Crippen molar-refractivity contribution in [3.05, 3.63) is 0 Å². The zero-order valence-corrected chi connectivity index (χ0v) is 9.78. The lowest BCUT2D eigenvalue weighted by atomic mass is 9.98. The number of likely N-dealkylation sites (N-methyl/N-ethyl adjacent to an activating group) is 1. The van der Waals surface area contributed by atoms with Crippen LogP contribution in [0.5, 0.6) is 0 Å². The van der Waals surface area contributed by atoms with Gasteiger partial charge in [-0.2, -0.15) is 0 Å². The molecule has 0 aromatic rings. The van der Waals surface area contributed by atoms with Gasteiger partial charge in [-0.15, -0.1) is 0 Å². The Balaban J connectivity index is 4.51. The lowest BCUT2D eigenvalue weighted by Gasteiger charge is -2.36. The van der Waals surface area contributed by atoms with E-state index in [-0.39, 0.29) is 17.9 Å². The van der Waals surface area contributed by atoms with Crippen molar-refractivity contribution in [2.45, 2.75) is 45.2 Å². The fourth-order valence-electron chi connectivity index (χ4n) is 1.06. The van der Waals surface area contributed by atoms with Crippen LogP contribution in [-0.2, 0) is 9.59 Å². The fraction of sp³-hybridized carbons (Fsp3) is 0.800. The maximum atomic E-state index is 11.7. The number of nitrogens with two attached hydrogens (primary N) is 1. The van der Waals surface area contributed by atoms with Crippen molar-refractivity contribution in [3.63, 3.8) is 0 Å². The third kappa shape index (κ3) is 3.87. The monoisotopic (exact) mass is 216 g/mol. The van der Waals surface area contributed by atoms with Gasteiger partial charge in [0.15, 0.2) is 0 Å². The molecule has 88 valence electrons. The lowest BCUT2D eigenvalue weighted by molar-refractivity contribution is -0.143. The van der Waals surface area contributed by atoms with Crippen LogP contribution < -0.4 is 5.73 Å².